The fourth-order valence-corrected chi connectivity index (χ4v) is 4.00. The van der Waals surface area contributed by atoms with E-state index in [2.05, 4.69) is 20.6 Å². The Labute approximate surface area is 230 Å². The van der Waals surface area contributed by atoms with Crippen LogP contribution in [0.4, 0.5) is 11.5 Å². The van der Waals surface area contributed by atoms with Crippen LogP contribution in [-0.4, -0.2) is 63.2 Å². The van der Waals surface area contributed by atoms with Gasteiger partial charge >= 0.3 is 11.8 Å². The van der Waals surface area contributed by atoms with Gasteiger partial charge in [-0.2, -0.15) is 10.1 Å². The molecule has 1 fully saturated rings. The van der Waals surface area contributed by atoms with Gasteiger partial charge in [0.25, 0.3) is 5.91 Å². The van der Waals surface area contributed by atoms with Gasteiger partial charge in [0.05, 0.1) is 0 Å². The third kappa shape index (κ3) is 6.17. The van der Waals surface area contributed by atoms with Gasteiger partial charge in [-0.3, -0.25) is 19.1 Å². The maximum Gasteiger partial charge on any atom is 0.316 e. The van der Waals surface area contributed by atoms with Crippen LogP contribution in [0, 0.1) is 5.92 Å². The van der Waals surface area contributed by atoms with Crippen molar-refractivity contribution < 1.29 is 23.6 Å². The Balaban J connectivity index is 1.40. The van der Waals surface area contributed by atoms with Gasteiger partial charge in [-0.25, -0.2) is 0 Å². The number of nitrogens with one attached hydrogen (secondary N) is 1. The summed E-state index contributed by atoms with van der Waals surface area (Å²) < 4.78 is 12.8. The molecule has 0 atom stereocenters. The Hall–Kier alpha value is -5.00. The molecule has 2 heterocycles. The summed E-state index contributed by atoms with van der Waals surface area (Å²) >= 11 is 0. The number of aromatic nitrogens is 4. The minimum Gasteiger partial charge on any atom is -0.457 e. The van der Waals surface area contributed by atoms with Crippen LogP contribution in [0.25, 0.3) is 11.4 Å². The monoisotopic (exact) mass is 543 g/mol. The Morgan fingerprint density at radius 3 is 2.45 bits per heavy atom. The van der Waals surface area contributed by atoms with Gasteiger partial charge in [0.1, 0.15) is 11.5 Å². The van der Waals surface area contributed by atoms with Crippen LogP contribution in [0.1, 0.15) is 40.8 Å². The van der Waals surface area contributed by atoms with Crippen LogP contribution in [0.3, 0.4) is 0 Å². The molecular formula is C28H29N7O5. The Kier molecular flexibility index (Phi) is 7.32. The molecule has 0 bridgehead atoms. The zero-order valence-electron chi connectivity index (χ0n) is 22.6. The number of anilines is 2. The van der Waals surface area contributed by atoms with E-state index in [4.69, 9.17) is 9.26 Å². The molecule has 2 aromatic heterocycles. The molecule has 4 aromatic rings. The lowest BCUT2D eigenvalue weighted by atomic mass is 10.1. The second kappa shape index (κ2) is 11.0. The Bertz CT molecular complexity index is 1550. The van der Waals surface area contributed by atoms with Crippen molar-refractivity contribution in [2.75, 3.05) is 30.9 Å². The summed E-state index contributed by atoms with van der Waals surface area (Å²) in [4.78, 5) is 44.9. The highest BCUT2D eigenvalue weighted by Crippen LogP contribution is 2.34. The summed E-state index contributed by atoms with van der Waals surface area (Å²) in [6, 6.07) is 13.6. The fourth-order valence-electron chi connectivity index (χ4n) is 4.00. The molecule has 3 amide bonds. The van der Waals surface area contributed by atoms with E-state index >= 15 is 0 Å². The number of hydrogen-bond donors (Lipinski definition) is 1. The van der Waals surface area contributed by atoms with Crippen molar-refractivity contribution in [1.82, 2.24) is 24.8 Å². The Morgan fingerprint density at radius 1 is 1.07 bits per heavy atom. The topological polar surface area (TPSA) is 136 Å². The molecular weight excluding hydrogens is 514 g/mol. The maximum absolute atomic E-state index is 13.1. The summed E-state index contributed by atoms with van der Waals surface area (Å²) in [5.74, 6) is 1.02. The highest BCUT2D eigenvalue weighted by atomic mass is 16.5. The van der Waals surface area contributed by atoms with Crippen LogP contribution >= 0.6 is 0 Å². The van der Waals surface area contributed by atoms with E-state index in [1.54, 1.807) is 85.5 Å². The lowest BCUT2D eigenvalue weighted by Gasteiger charge is -2.22. The molecule has 1 aliphatic carbocycles. The first kappa shape index (κ1) is 26.6. The van der Waals surface area contributed by atoms with Crippen molar-refractivity contribution in [2.24, 2.45) is 13.0 Å². The molecule has 1 aliphatic rings. The summed E-state index contributed by atoms with van der Waals surface area (Å²) in [5.41, 5.74) is 1.52. The Morgan fingerprint density at radius 2 is 1.82 bits per heavy atom. The van der Waals surface area contributed by atoms with Crippen molar-refractivity contribution in [3.8, 4) is 22.9 Å². The molecule has 2 aromatic carbocycles. The average molecular weight is 544 g/mol. The van der Waals surface area contributed by atoms with Crippen LogP contribution in [0.5, 0.6) is 11.5 Å². The van der Waals surface area contributed by atoms with E-state index in [0.717, 1.165) is 12.8 Å². The van der Waals surface area contributed by atoms with Gasteiger partial charge in [0.15, 0.2) is 5.82 Å². The smallest absolute Gasteiger partial charge is 0.316 e. The number of aryl methyl sites for hydroxylation is 1. The molecule has 5 rings (SSSR count). The first-order valence-electron chi connectivity index (χ1n) is 12.7. The first-order chi connectivity index (χ1) is 19.2. The molecule has 0 saturated heterocycles. The zero-order valence-corrected chi connectivity index (χ0v) is 22.6. The summed E-state index contributed by atoms with van der Waals surface area (Å²) in [7, 11) is 4.96. The molecule has 1 N–H and O–H groups in total. The van der Waals surface area contributed by atoms with Crippen molar-refractivity contribution in [3.05, 3.63) is 66.2 Å². The normalized spacial score (nSPS) is 12.6. The van der Waals surface area contributed by atoms with Crippen molar-refractivity contribution in [1.29, 1.82) is 0 Å². The molecule has 12 heteroatoms. The molecule has 0 spiro atoms. The van der Waals surface area contributed by atoms with Gasteiger partial charge in [0, 0.05) is 69.8 Å². The van der Waals surface area contributed by atoms with E-state index < -0.39 is 0 Å². The van der Waals surface area contributed by atoms with Gasteiger partial charge in [-0.15, -0.1) is 0 Å². The molecule has 0 aliphatic heterocycles. The molecule has 0 unspecified atom stereocenters. The van der Waals surface area contributed by atoms with Gasteiger partial charge < -0.3 is 24.4 Å². The molecule has 12 nitrogen and oxygen atoms in total. The third-order valence-corrected chi connectivity index (χ3v) is 6.30. The lowest BCUT2D eigenvalue weighted by molar-refractivity contribution is -0.116. The van der Waals surface area contributed by atoms with E-state index in [9.17, 15) is 14.4 Å². The number of nitrogens with zero attached hydrogens (tertiary/aromatic N) is 6. The average Bonchev–Trinajstić information content (AvgIpc) is 3.45. The highest BCUT2D eigenvalue weighted by Gasteiger charge is 2.27. The zero-order chi connectivity index (χ0) is 28.4. The van der Waals surface area contributed by atoms with Crippen molar-refractivity contribution in [3.63, 3.8) is 0 Å². The number of ether oxygens (including phenoxy) is 1. The lowest BCUT2D eigenvalue weighted by Crippen LogP contribution is -2.30. The van der Waals surface area contributed by atoms with Crippen LogP contribution in [0.2, 0.25) is 0 Å². The van der Waals surface area contributed by atoms with Crippen molar-refractivity contribution >= 4 is 29.2 Å². The summed E-state index contributed by atoms with van der Waals surface area (Å²) in [5, 5.41) is 10.9. The predicted molar refractivity (Wildman–Crippen MR) is 146 cm³/mol. The maximum atomic E-state index is 13.1. The number of carbonyl (C=O) groups excluding carboxylic acids is 3. The first-order valence-corrected chi connectivity index (χ1v) is 12.7. The predicted octanol–water partition coefficient (Wildman–Crippen LogP) is 3.98. The van der Waals surface area contributed by atoms with Crippen molar-refractivity contribution in [2.45, 2.75) is 19.8 Å². The van der Waals surface area contributed by atoms with E-state index in [0.29, 0.717) is 46.6 Å². The SMILES string of the molecule is CC(=O)N(CC1CC1)c1cc(Oc2ccc(-c3noc(C(=O)N(C)C)n3)cc2)cc(C(=O)Nc2ccn(C)n2)c1. The third-order valence-electron chi connectivity index (χ3n) is 6.30. The number of amides is 3. The summed E-state index contributed by atoms with van der Waals surface area (Å²) in [6.07, 6.45) is 3.88. The van der Waals surface area contributed by atoms with Gasteiger partial charge in [-0.05, 0) is 55.2 Å². The van der Waals surface area contributed by atoms with Crippen LogP contribution in [-0.2, 0) is 11.8 Å². The van der Waals surface area contributed by atoms with Gasteiger partial charge in [0.2, 0.25) is 11.7 Å². The molecule has 1 saturated carbocycles. The fraction of sp³-hybridized carbons (Fsp3) is 0.286. The highest BCUT2D eigenvalue weighted by molar-refractivity contribution is 6.05. The number of rotatable bonds is 9. The second-order valence-electron chi connectivity index (χ2n) is 9.87. The van der Waals surface area contributed by atoms with Crippen LogP contribution < -0.4 is 15.0 Å². The molecule has 206 valence electrons. The quantitative estimate of drug-likeness (QED) is 0.335. The van der Waals surface area contributed by atoms with E-state index in [1.165, 1.54) is 11.8 Å². The largest absolute Gasteiger partial charge is 0.457 e. The second-order valence-corrected chi connectivity index (χ2v) is 9.87. The van der Waals surface area contributed by atoms with E-state index in [-0.39, 0.29) is 29.4 Å². The minimum absolute atomic E-state index is 0.102. The number of carbonyl (C=O) groups is 3. The molecule has 40 heavy (non-hydrogen) atoms. The summed E-state index contributed by atoms with van der Waals surface area (Å²) in [6.45, 7) is 2.09. The standard InChI is InChI=1S/C28H29N7O5/c1-17(36)35(16-18-5-6-18)21-13-20(26(37)29-24-11-12-34(4)31-24)14-23(15-21)39-22-9-7-19(8-10-22)25-30-27(40-32-25)28(38)33(2)3/h7-15,18H,5-6,16H2,1-4H3,(H,29,31,37). The van der Waals surface area contributed by atoms with Gasteiger partial charge in [-0.1, -0.05) is 5.16 Å². The number of hydrogen-bond acceptors (Lipinski definition) is 8. The number of benzene rings is 2. The van der Waals surface area contributed by atoms with E-state index in [1.807, 2.05) is 0 Å². The minimum atomic E-state index is -0.386. The van der Waals surface area contributed by atoms with Crippen LogP contribution in [0.15, 0.2) is 59.3 Å². The molecule has 0 radical (unpaired) electrons.